The van der Waals surface area contributed by atoms with Crippen molar-refractivity contribution in [3.63, 3.8) is 0 Å². The second kappa shape index (κ2) is 6.66. The second-order valence-corrected chi connectivity index (χ2v) is 7.10. The Hall–Kier alpha value is -2.93. The fourth-order valence-corrected chi connectivity index (χ4v) is 4.05. The summed E-state index contributed by atoms with van der Waals surface area (Å²) in [6.07, 6.45) is 4.60. The third-order valence-corrected chi connectivity index (χ3v) is 5.59. The van der Waals surface area contributed by atoms with Crippen LogP contribution in [0.2, 0.25) is 0 Å². The number of rotatable bonds is 3. The Balaban J connectivity index is 1.59. The first kappa shape index (κ1) is 17.5. The fourth-order valence-electron chi connectivity index (χ4n) is 4.05. The molecule has 0 bridgehead atoms. The predicted molar refractivity (Wildman–Crippen MR) is 97.9 cm³/mol. The van der Waals surface area contributed by atoms with Crippen molar-refractivity contribution in [2.45, 2.75) is 25.7 Å². The van der Waals surface area contributed by atoms with Crippen LogP contribution in [-0.2, 0) is 17.6 Å². The number of nitrogens with one attached hydrogen (secondary N) is 1. The summed E-state index contributed by atoms with van der Waals surface area (Å²) in [5.74, 6) is -0.248. The van der Waals surface area contributed by atoms with Crippen molar-refractivity contribution < 1.29 is 19.5 Å². The molecule has 1 fully saturated rings. The highest BCUT2D eigenvalue weighted by atomic mass is 16.5. The van der Waals surface area contributed by atoms with Crippen LogP contribution in [0.5, 0.6) is 5.88 Å². The number of amides is 2. The van der Waals surface area contributed by atoms with Crippen molar-refractivity contribution >= 4 is 17.5 Å². The minimum absolute atomic E-state index is 0.138. The minimum atomic E-state index is -0.553. The molecule has 1 aliphatic carbocycles. The van der Waals surface area contributed by atoms with Crippen LogP contribution in [0.15, 0.2) is 36.5 Å². The van der Waals surface area contributed by atoms with Crippen LogP contribution >= 0.6 is 0 Å². The fraction of sp³-hybridized carbons (Fsp3) is 0.350. The van der Waals surface area contributed by atoms with Gasteiger partial charge in [-0.05, 0) is 61.1 Å². The molecule has 2 aliphatic rings. The average Bonchev–Trinajstić information content (AvgIpc) is 3.05. The molecule has 0 unspecified atom stereocenters. The number of nitrogens with zero attached hydrogens (tertiary/aromatic N) is 2. The Morgan fingerprint density at radius 2 is 2.15 bits per heavy atom. The maximum absolute atomic E-state index is 12.7. The van der Waals surface area contributed by atoms with Crippen LogP contribution in [0, 0.1) is 5.41 Å². The van der Waals surface area contributed by atoms with E-state index in [0.717, 1.165) is 36.9 Å². The summed E-state index contributed by atoms with van der Waals surface area (Å²) in [5.41, 5.74) is 2.42. The van der Waals surface area contributed by atoms with Gasteiger partial charge in [0.15, 0.2) is 0 Å². The summed E-state index contributed by atoms with van der Waals surface area (Å²) in [4.78, 5) is 28.9. The number of carbonyl (C=O) groups is 2. The van der Waals surface area contributed by atoms with Gasteiger partial charge in [-0.3, -0.25) is 14.8 Å². The van der Waals surface area contributed by atoms with Gasteiger partial charge in [0.05, 0.1) is 12.5 Å². The smallest absolute Gasteiger partial charge is 0.282 e. The summed E-state index contributed by atoms with van der Waals surface area (Å²) in [7, 11) is 1.43. The summed E-state index contributed by atoms with van der Waals surface area (Å²) in [5, 5.41) is 13.9. The zero-order chi connectivity index (χ0) is 19.0. The van der Waals surface area contributed by atoms with Crippen LogP contribution in [0.3, 0.4) is 0 Å². The molecule has 2 N–H and O–H groups in total. The lowest BCUT2D eigenvalue weighted by Crippen LogP contribution is -2.36. The molecule has 1 spiro atoms. The van der Waals surface area contributed by atoms with Gasteiger partial charge in [0, 0.05) is 18.3 Å². The number of aromatic nitrogens is 1. The molecule has 1 aromatic heterocycles. The van der Waals surface area contributed by atoms with Crippen molar-refractivity contribution in [2.24, 2.45) is 5.41 Å². The molecule has 2 heterocycles. The zero-order valence-electron chi connectivity index (χ0n) is 15.1. The van der Waals surface area contributed by atoms with Gasteiger partial charge in [-0.2, -0.15) is 5.06 Å². The lowest BCUT2D eigenvalue weighted by atomic mass is 9.70. The van der Waals surface area contributed by atoms with E-state index in [-0.39, 0.29) is 22.9 Å². The molecular weight excluding hydrogens is 346 g/mol. The number of benzene rings is 1. The molecule has 7 nitrogen and oxygen atoms in total. The van der Waals surface area contributed by atoms with E-state index in [1.807, 2.05) is 12.1 Å². The van der Waals surface area contributed by atoms with Crippen molar-refractivity contribution in [2.75, 3.05) is 18.7 Å². The van der Waals surface area contributed by atoms with Crippen LogP contribution in [-0.4, -0.2) is 35.7 Å². The van der Waals surface area contributed by atoms with Crippen molar-refractivity contribution in [3.8, 4) is 5.88 Å². The standard InChI is InChI=1S/C20H21N3O4/c1-27-17-16(3-2-9-21-17)23(26)18(24)14-4-5-15-12-20(7-6-13(15)11-14)8-10-22-19(20)25/h2-5,9,11,26H,6-8,10,12H2,1H3,(H,22,25)/t20-/m1/s1. The molecule has 1 saturated heterocycles. The molecule has 1 aromatic carbocycles. The van der Waals surface area contributed by atoms with Gasteiger partial charge in [0.25, 0.3) is 5.91 Å². The summed E-state index contributed by atoms with van der Waals surface area (Å²) in [6.45, 7) is 0.733. The molecule has 1 atom stereocenters. The van der Waals surface area contributed by atoms with E-state index in [1.54, 1.807) is 18.2 Å². The second-order valence-electron chi connectivity index (χ2n) is 7.10. The molecule has 1 aliphatic heterocycles. The lowest BCUT2D eigenvalue weighted by Gasteiger charge is -2.32. The Morgan fingerprint density at radius 1 is 1.30 bits per heavy atom. The largest absolute Gasteiger partial charge is 0.479 e. The van der Waals surface area contributed by atoms with Gasteiger partial charge in [0.1, 0.15) is 5.69 Å². The molecule has 0 saturated carbocycles. The van der Waals surface area contributed by atoms with Gasteiger partial charge >= 0.3 is 0 Å². The Bertz CT molecular complexity index is 914. The lowest BCUT2D eigenvalue weighted by molar-refractivity contribution is -0.128. The van der Waals surface area contributed by atoms with Gasteiger partial charge in [0.2, 0.25) is 11.8 Å². The van der Waals surface area contributed by atoms with E-state index < -0.39 is 5.91 Å². The Kier molecular flexibility index (Phi) is 4.31. The minimum Gasteiger partial charge on any atom is -0.479 e. The predicted octanol–water partition coefficient (Wildman–Crippen LogP) is 2.12. The number of pyridine rings is 1. The molecule has 27 heavy (non-hydrogen) atoms. The highest BCUT2D eigenvalue weighted by Crippen LogP contribution is 2.41. The van der Waals surface area contributed by atoms with Crippen molar-refractivity contribution in [1.29, 1.82) is 0 Å². The third-order valence-electron chi connectivity index (χ3n) is 5.59. The quantitative estimate of drug-likeness (QED) is 0.640. The number of methoxy groups -OCH3 is 1. The maximum Gasteiger partial charge on any atom is 0.282 e. The number of hydrogen-bond donors (Lipinski definition) is 2. The van der Waals surface area contributed by atoms with E-state index in [9.17, 15) is 14.8 Å². The van der Waals surface area contributed by atoms with E-state index in [2.05, 4.69) is 10.3 Å². The summed E-state index contributed by atoms with van der Waals surface area (Å²) < 4.78 is 5.10. The van der Waals surface area contributed by atoms with E-state index in [1.165, 1.54) is 13.3 Å². The first-order valence-electron chi connectivity index (χ1n) is 8.96. The summed E-state index contributed by atoms with van der Waals surface area (Å²) in [6, 6.07) is 8.57. The topological polar surface area (TPSA) is 91.8 Å². The average molecular weight is 367 g/mol. The Labute approximate surface area is 156 Å². The molecular formula is C20H21N3O4. The number of ether oxygens (including phenoxy) is 1. The van der Waals surface area contributed by atoms with E-state index in [0.29, 0.717) is 17.0 Å². The number of hydroxylamine groups is 1. The molecule has 2 amide bonds. The number of aryl methyl sites for hydroxylation is 1. The molecule has 4 rings (SSSR count). The van der Waals surface area contributed by atoms with Crippen LogP contribution in [0.4, 0.5) is 5.69 Å². The normalized spacial score (nSPS) is 20.9. The highest BCUT2D eigenvalue weighted by molar-refractivity contribution is 6.05. The number of fused-ring (bicyclic) bond motifs is 1. The first-order chi connectivity index (χ1) is 13.0. The van der Waals surface area contributed by atoms with Crippen LogP contribution < -0.4 is 15.1 Å². The zero-order valence-corrected chi connectivity index (χ0v) is 15.1. The molecule has 140 valence electrons. The molecule has 7 heteroatoms. The van der Waals surface area contributed by atoms with E-state index >= 15 is 0 Å². The van der Waals surface area contributed by atoms with Crippen molar-refractivity contribution in [3.05, 3.63) is 53.2 Å². The van der Waals surface area contributed by atoms with Gasteiger partial charge in [-0.25, -0.2) is 4.98 Å². The number of carbonyl (C=O) groups excluding carboxylic acids is 2. The monoisotopic (exact) mass is 367 g/mol. The maximum atomic E-state index is 12.7. The van der Waals surface area contributed by atoms with E-state index in [4.69, 9.17) is 4.74 Å². The molecule has 2 aromatic rings. The highest BCUT2D eigenvalue weighted by Gasteiger charge is 2.44. The van der Waals surface area contributed by atoms with Gasteiger partial charge in [-0.1, -0.05) is 6.07 Å². The molecule has 0 radical (unpaired) electrons. The van der Waals surface area contributed by atoms with Crippen LogP contribution in [0.1, 0.15) is 34.3 Å². The van der Waals surface area contributed by atoms with Crippen LogP contribution in [0.25, 0.3) is 0 Å². The van der Waals surface area contributed by atoms with Gasteiger partial charge < -0.3 is 10.1 Å². The number of hydrogen-bond acceptors (Lipinski definition) is 5. The van der Waals surface area contributed by atoms with Crippen molar-refractivity contribution in [1.82, 2.24) is 10.3 Å². The number of anilines is 1. The Morgan fingerprint density at radius 3 is 2.89 bits per heavy atom. The third kappa shape index (κ3) is 2.94. The first-order valence-corrected chi connectivity index (χ1v) is 8.96. The summed E-state index contributed by atoms with van der Waals surface area (Å²) >= 11 is 0. The van der Waals surface area contributed by atoms with Gasteiger partial charge in [-0.15, -0.1) is 0 Å². The SMILES string of the molecule is COc1ncccc1N(O)C(=O)c1ccc2c(c1)CC[C@@]1(CCNC1=O)C2.